The third kappa shape index (κ3) is 6.11. The van der Waals surface area contributed by atoms with Crippen LogP contribution < -0.4 is 15.4 Å². The third-order valence-corrected chi connectivity index (χ3v) is 5.57. The molecule has 10 heteroatoms. The van der Waals surface area contributed by atoms with Gasteiger partial charge in [0.05, 0.1) is 29.3 Å². The van der Waals surface area contributed by atoms with Gasteiger partial charge in [0.15, 0.2) is 16.4 Å². The van der Waals surface area contributed by atoms with Crippen LogP contribution in [0.15, 0.2) is 24.3 Å². The van der Waals surface area contributed by atoms with Gasteiger partial charge in [-0.3, -0.25) is 4.79 Å². The molecule has 1 fully saturated rings. The summed E-state index contributed by atoms with van der Waals surface area (Å²) in [6, 6.07) is 5.95. The highest BCUT2D eigenvalue weighted by Gasteiger charge is 2.39. The molecule has 2 rings (SSSR count). The van der Waals surface area contributed by atoms with E-state index in [1.165, 1.54) is 18.2 Å². The van der Waals surface area contributed by atoms with Crippen LogP contribution in [0, 0.1) is 0 Å². The van der Waals surface area contributed by atoms with E-state index in [-0.39, 0.29) is 29.5 Å². The number of carbonyl (C=O) groups excluding carboxylic acids is 1. The Morgan fingerprint density at radius 2 is 2.00 bits per heavy atom. The Balaban J connectivity index is 1.92. The van der Waals surface area contributed by atoms with Gasteiger partial charge in [-0.15, -0.1) is 0 Å². The van der Waals surface area contributed by atoms with Gasteiger partial charge < -0.3 is 15.4 Å². The number of nitrogens with one attached hydrogen (secondary N) is 2. The van der Waals surface area contributed by atoms with Crippen molar-refractivity contribution in [3.63, 3.8) is 0 Å². The summed E-state index contributed by atoms with van der Waals surface area (Å²) in [5, 5.41) is 5.36. The minimum absolute atomic E-state index is 0.0192. The van der Waals surface area contributed by atoms with Crippen molar-refractivity contribution in [2.75, 3.05) is 30.0 Å². The average Bonchev–Trinajstić information content (AvgIpc) is 2.76. The van der Waals surface area contributed by atoms with Crippen LogP contribution in [0.2, 0.25) is 0 Å². The average molecular weight is 380 g/mol. The summed E-state index contributed by atoms with van der Waals surface area (Å²) in [4.78, 5) is 12.0. The fourth-order valence-electron chi connectivity index (χ4n) is 2.56. The Hall–Kier alpha value is -1.97. The SMILES string of the molecule is C[C@@]1(NC(=O)CNc2ccccc2OCC(F)(F)F)CCS(=O)(=O)C1. The highest BCUT2D eigenvalue weighted by Crippen LogP contribution is 2.26. The first kappa shape index (κ1) is 19.4. The Labute approximate surface area is 143 Å². The van der Waals surface area contributed by atoms with Crippen molar-refractivity contribution in [3.05, 3.63) is 24.3 Å². The predicted octanol–water partition coefficient (Wildman–Crippen LogP) is 1.73. The van der Waals surface area contributed by atoms with Gasteiger partial charge >= 0.3 is 6.18 Å². The molecule has 0 bridgehead atoms. The Morgan fingerprint density at radius 1 is 1.32 bits per heavy atom. The van der Waals surface area contributed by atoms with E-state index in [1.807, 2.05) is 0 Å². The number of sulfone groups is 1. The van der Waals surface area contributed by atoms with Gasteiger partial charge in [0.1, 0.15) is 5.75 Å². The first-order valence-corrected chi connectivity index (χ1v) is 9.34. The minimum atomic E-state index is -4.47. The second kappa shape index (κ2) is 7.11. The van der Waals surface area contributed by atoms with Crippen molar-refractivity contribution >= 4 is 21.4 Å². The minimum Gasteiger partial charge on any atom is -0.482 e. The molecule has 1 saturated heterocycles. The summed E-state index contributed by atoms with van der Waals surface area (Å²) in [5.74, 6) is -0.588. The van der Waals surface area contributed by atoms with Gasteiger partial charge in [0, 0.05) is 0 Å². The molecule has 0 radical (unpaired) electrons. The quantitative estimate of drug-likeness (QED) is 0.785. The number of halogens is 3. The Bertz CT molecular complexity index is 737. The van der Waals surface area contributed by atoms with E-state index in [9.17, 15) is 26.4 Å². The number of ether oxygens (including phenoxy) is 1. The summed E-state index contributed by atoms with van der Waals surface area (Å²) < 4.78 is 64.6. The zero-order valence-corrected chi connectivity index (χ0v) is 14.3. The van der Waals surface area contributed by atoms with Crippen LogP contribution in [-0.2, 0) is 14.6 Å². The normalized spacial score (nSPS) is 22.4. The summed E-state index contributed by atoms with van der Waals surface area (Å²) in [6.07, 6.45) is -4.14. The molecule has 0 spiro atoms. The lowest BCUT2D eigenvalue weighted by molar-refractivity contribution is -0.153. The van der Waals surface area contributed by atoms with Crippen LogP contribution in [0.4, 0.5) is 18.9 Å². The van der Waals surface area contributed by atoms with Crippen LogP contribution >= 0.6 is 0 Å². The predicted molar refractivity (Wildman–Crippen MR) is 86.3 cm³/mol. The van der Waals surface area contributed by atoms with Gasteiger partial charge in [0.25, 0.3) is 0 Å². The highest BCUT2D eigenvalue weighted by molar-refractivity contribution is 7.91. The van der Waals surface area contributed by atoms with Crippen molar-refractivity contribution in [1.82, 2.24) is 5.32 Å². The number of amides is 1. The maximum absolute atomic E-state index is 12.3. The Morgan fingerprint density at radius 3 is 2.60 bits per heavy atom. The van der Waals surface area contributed by atoms with Crippen LogP contribution in [-0.4, -0.2) is 50.7 Å². The molecule has 0 saturated carbocycles. The highest BCUT2D eigenvalue weighted by atomic mass is 32.2. The van der Waals surface area contributed by atoms with E-state index in [0.29, 0.717) is 6.42 Å². The standard InChI is InChI=1S/C15H19F3N2O4S/c1-14(6-7-25(22,23)10-14)20-13(21)8-19-11-4-2-3-5-12(11)24-9-15(16,17)18/h2-5,19H,6-10H2,1H3,(H,20,21)/t14-/m1/s1. The molecule has 1 atom stereocenters. The van der Waals surface area contributed by atoms with Crippen molar-refractivity contribution in [2.45, 2.75) is 25.1 Å². The second-order valence-corrected chi connectivity index (χ2v) is 8.39. The van der Waals surface area contributed by atoms with E-state index in [2.05, 4.69) is 10.6 Å². The smallest absolute Gasteiger partial charge is 0.422 e. The lowest BCUT2D eigenvalue weighted by atomic mass is 10.0. The molecule has 1 aliphatic heterocycles. The fraction of sp³-hybridized carbons (Fsp3) is 0.533. The topological polar surface area (TPSA) is 84.5 Å². The van der Waals surface area contributed by atoms with Crippen LogP contribution in [0.25, 0.3) is 0 Å². The zero-order chi connectivity index (χ0) is 18.7. The first-order valence-electron chi connectivity index (χ1n) is 7.52. The molecule has 6 nitrogen and oxygen atoms in total. The molecule has 0 aromatic heterocycles. The van der Waals surface area contributed by atoms with Gasteiger partial charge in [-0.05, 0) is 25.5 Å². The monoisotopic (exact) mass is 380 g/mol. The number of hydrogen-bond acceptors (Lipinski definition) is 5. The van der Waals surface area contributed by atoms with Crippen LogP contribution in [0.1, 0.15) is 13.3 Å². The molecule has 1 aromatic carbocycles. The molecule has 1 amide bonds. The lowest BCUT2D eigenvalue weighted by Gasteiger charge is -2.24. The van der Waals surface area contributed by atoms with Gasteiger partial charge in [-0.2, -0.15) is 13.2 Å². The third-order valence-electron chi connectivity index (χ3n) is 3.66. The molecule has 25 heavy (non-hydrogen) atoms. The van der Waals surface area contributed by atoms with E-state index < -0.39 is 34.1 Å². The molecule has 140 valence electrons. The number of para-hydroxylation sites is 2. The summed E-state index contributed by atoms with van der Waals surface area (Å²) in [7, 11) is -3.16. The molecule has 0 aliphatic carbocycles. The number of anilines is 1. The molecule has 1 aliphatic rings. The van der Waals surface area contributed by atoms with Crippen LogP contribution in [0.5, 0.6) is 5.75 Å². The van der Waals surface area contributed by atoms with E-state index in [0.717, 1.165) is 0 Å². The van der Waals surface area contributed by atoms with Crippen molar-refractivity contribution < 1.29 is 31.1 Å². The largest absolute Gasteiger partial charge is 0.482 e. The van der Waals surface area contributed by atoms with Gasteiger partial charge in [-0.25, -0.2) is 8.42 Å². The molecular formula is C15H19F3N2O4S. The number of hydrogen-bond donors (Lipinski definition) is 2. The second-order valence-electron chi connectivity index (χ2n) is 6.20. The van der Waals surface area contributed by atoms with Gasteiger partial charge in [0.2, 0.25) is 5.91 Å². The summed E-state index contributed by atoms with van der Waals surface area (Å²) >= 11 is 0. The molecule has 0 unspecified atom stereocenters. The van der Waals surface area contributed by atoms with E-state index >= 15 is 0 Å². The van der Waals surface area contributed by atoms with Crippen molar-refractivity contribution in [1.29, 1.82) is 0 Å². The molecule has 1 aromatic rings. The maximum Gasteiger partial charge on any atom is 0.422 e. The van der Waals surface area contributed by atoms with Gasteiger partial charge in [-0.1, -0.05) is 12.1 Å². The molecular weight excluding hydrogens is 361 g/mol. The zero-order valence-electron chi connectivity index (χ0n) is 13.5. The van der Waals surface area contributed by atoms with Crippen molar-refractivity contribution in [3.8, 4) is 5.75 Å². The number of alkyl halides is 3. The number of carbonyl (C=O) groups is 1. The maximum atomic E-state index is 12.3. The number of benzene rings is 1. The van der Waals surface area contributed by atoms with E-state index in [1.54, 1.807) is 13.0 Å². The Kier molecular flexibility index (Phi) is 5.50. The molecule has 1 heterocycles. The molecule has 2 N–H and O–H groups in total. The lowest BCUT2D eigenvalue weighted by Crippen LogP contribution is -2.48. The van der Waals surface area contributed by atoms with Crippen molar-refractivity contribution in [2.24, 2.45) is 0 Å². The summed E-state index contributed by atoms with van der Waals surface area (Å²) in [5.41, 5.74) is -0.588. The van der Waals surface area contributed by atoms with E-state index in [4.69, 9.17) is 4.74 Å². The fourth-order valence-corrected chi connectivity index (χ4v) is 4.66. The number of rotatable bonds is 6. The first-order chi connectivity index (χ1) is 11.5. The van der Waals surface area contributed by atoms with Crippen LogP contribution in [0.3, 0.4) is 0 Å². The summed E-state index contributed by atoms with van der Waals surface area (Å²) in [6.45, 7) is -0.00825.